The van der Waals surface area contributed by atoms with E-state index < -0.39 is 0 Å². The molecule has 31 heavy (non-hydrogen) atoms. The third kappa shape index (κ3) is 4.66. The molecule has 0 spiro atoms. The molecule has 5 heteroatoms. The van der Waals surface area contributed by atoms with Crippen molar-refractivity contribution in [2.75, 3.05) is 38.2 Å². The first kappa shape index (κ1) is 23.4. The minimum Gasteiger partial charge on any atom is -1.00 e. The second-order valence-electron chi connectivity index (χ2n) is 7.98. The van der Waals surface area contributed by atoms with E-state index in [-0.39, 0.29) is 30.7 Å². The summed E-state index contributed by atoms with van der Waals surface area (Å²) in [4.78, 5) is 4.75. The number of benzene rings is 2. The maximum Gasteiger partial charge on any atom is 0.289 e. The van der Waals surface area contributed by atoms with E-state index in [0.29, 0.717) is 0 Å². The van der Waals surface area contributed by atoms with Gasteiger partial charge >= 0.3 is 0 Å². The molecule has 1 aliphatic carbocycles. The number of para-hydroxylation sites is 1. The molecule has 1 fully saturated rings. The standard InChI is InChI=1S/C26H27N2O.2ClH/c1-27-24-12-6-5-11-22(24)26(20-9-3-2-4-10-20)23-19-21(13-14-25(23)27)29-18-17-28-15-7-8-16-28;;/h2-6,9-14,26H,7-8,15-18H2,1H3;2*1H/q+1;;/p-1. The van der Waals surface area contributed by atoms with E-state index in [0.717, 1.165) is 18.9 Å². The summed E-state index contributed by atoms with van der Waals surface area (Å²) in [5, 5.41) is 0. The van der Waals surface area contributed by atoms with Crippen molar-refractivity contribution < 1.29 is 17.1 Å². The second kappa shape index (κ2) is 10.3. The van der Waals surface area contributed by atoms with Crippen molar-refractivity contribution in [2.45, 2.75) is 18.8 Å². The molecule has 3 nitrogen and oxygen atoms in total. The third-order valence-corrected chi connectivity index (χ3v) is 6.18. The minimum absolute atomic E-state index is 0. The zero-order valence-corrected chi connectivity index (χ0v) is 19.3. The molecule has 0 amide bonds. The van der Waals surface area contributed by atoms with Gasteiger partial charge in [0.25, 0.3) is 5.76 Å². The number of allylic oxidation sites excluding steroid dienone is 4. The Labute approximate surface area is 197 Å². The lowest BCUT2D eigenvalue weighted by Crippen LogP contribution is -3.00. The highest BCUT2D eigenvalue weighted by molar-refractivity contribution is 5.85. The third-order valence-electron chi connectivity index (χ3n) is 6.18. The summed E-state index contributed by atoms with van der Waals surface area (Å²) in [7, 11) is 2.14. The zero-order valence-electron chi connectivity index (χ0n) is 17.8. The molecule has 1 atom stereocenters. The van der Waals surface area contributed by atoms with Gasteiger partial charge in [-0.15, -0.1) is 12.4 Å². The Bertz CT molecular complexity index is 978. The molecule has 162 valence electrons. The highest BCUT2D eigenvalue weighted by atomic mass is 35.5. The predicted octanol–water partition coefficient (Wildman–Crippen LogP) is 2.32. The van der Waals surface area contributed by atoms with Gasteiger partial charge in [-0.3, -0.25) is 9.80 Å². The second-order valence-corrected chi connectivity index (χ2v) is 7.98. The lowest BCUT2D eigenvalue weighted by molar-refractivity contribution is -0.00000660. The number of ether oxygens (including phenoxy) is 1. The molecule has 5 rings (SSSR count). The number of anilines is 1. The van der Waals surface area contributed by atoms with Crippen LogP contribution in [0.4, 0.5) is 5.69 Å². The average Bonchev–Trinajstić information content (AvgIpc) is 3.28. The first-order chi connectivity index (χ1) is 14.3. The van der Waals surface area contributed by atoms with Crippen LogP contribution >= 0.6 is 12.4 Å². The van der Waals surface area contributed by atoms with Crippen molar-refractivity contribution in [1.29, 1.82) is 0 Å². The molecule has 2 heterocycles. The van der Waals surface area contributed by atoms with Crippen LogP contribution in [0.1, 0.15) is 29.9 Å². The number of rotatable bonds is 5. The maximum absolute atomic E-state index is 6.13. The van der Waals surface area contributed by atoms with Gasteiger partial charge < -0.3 is 17.1 Å². The van der Waals surface area contributed by atoms with E-state index in [1.54, 1.807) is 0 Å². The van der Waals surface area contributed by atoms with Gasteiger partial charge in [0, 0.05) is 13.6 Å². The van der Waals surface area contributed by atoms with Gasteiger partial charge in [-0.05, 0) is 43.1 Å². The van der Waals surface area contributed by atoms with Gasteiger partial charge in [-0.1, -0.05) is 48.5 Å². The first-order valence-electron chi connectivity index (χ1n) is 10.6. The minimum atomic E-state index is 0. The van der Waals surface area contributed by atoms with Gasteiger partial charge in [-0.2, -0.15) is 0 Å². The molecule has 1 unspecified atom stereocenters. The van der Waals surface area contributed by atoms with Gasteiger partial charge in [0.1, 0.15) is 6.61 Å². The van der Waals surface area contributed by atoms with E-state index in [9.17, 15) is 0 Å². The summed E-state index contributed by atoms with van der Waals surface area (Å²) in [5.74, 6) is 1.01. The number of fused-ring (bicyclic) bond motifs is 1. The lowest BCUT2D eigenvalue weighted by atomic mass is 9.79. The summed E-state index contributed by atoms with van der Waals surface area (Å²) >= 11 is 0. The monoisotopic (exact) mass is 454 g/mol. The Kier molecular flexibility index (Phi) is 7.80. The summed E-state index contributed by atoms with van der Waals surface area (Å²) in [6, 6.07) is 19.4. The number of halogens is 2. The van der Waals surface area contributed by atoms with Gasteiger partial charge in [0.2, 0.25) is 0 Å². The van der Waals surface area contributed by atoms with E-state index in [4.69, 9.17) is 4.74 Å². The number of hydrogen-bond acceptors (Lipinski definition) is 3. The van der Waals surface area contributed by atoms with E-state index in [1.165, 1.54) is 54.0 Å². The topological polar surface area (TPSA) is 15.7 Å². The molecule has 2 aliphatic heterocycles. The zero-order chi connectivity index (χ0) is 19.6. The van der Waals surface area contributed by atoms with Crippen LogP contribution in [-0.2, 0) is 4.74 Å². The van der Waals surface area contributed by atoms with Gasteiger partial charge in [0.15, 0.2) is 11.3 Å². The van der Waals surface area contributed by atoms with Crippen molar-refractivity contribution in [3.05, 3.63) is 101 Å². The maximum atomic E-state index is 6.13. The van der Waals surface area contributed by atoms with Crippen LogP contribution < -0.4 is 17.3 Å². The first-order valence-corrected chi connectivity index (χ1v) is 10.6. The number of hydrogen-bond donors (Lipinski definition) is 0. The Hall–Kier alpha value is -2.29. The summed E-state index contributed by atoms with van der Waals surface area (Å²) in [6.07, 6.45) is 10.5. The molecule has 0 N–H and O–H groups in total. The normalized spacial score (nSPS) is 19.5. The number of likely N-dealkylation sites (N-methyl/N-ethyl adjacent to an activating group) is 1. The van der Waals surface area contributed by atoms with Crippen LogP contribution in [-0.4, -0.2) is 38.2 Å². The van der Waals surface area contributed by atoms with Crippen molar-refractivity contribution in [1.82, 2.24) is 4.90 Å². The Morgan fingerprint density at radius 2 is 1.68 bits per heavy atom. The highest BCUT2D eigenvalue weighted by Gasteiger charge is 2.38. The van der Waals surface area contributed by atoms with Crippen molar-refractivity contribution >= 4 is 18.1 Å². The van der Waals surface area contributed by atoms with Gasteiger partial charge in [-0.25, -0.2) is 0 Å². The molecule has 1 saturated heterocycles. The van der Waals surface area contributed by atoms with Crippen LogP contribution in [0.2, 0.25) is 0 Å². The Morgan fingerprint density at radius 3 is 2.45 bits per heavy atom. The van der Waals surface area contributed by atoms with Crippen LogP contribution in [0.25, 0.3) is 0 Å². The fourth-order valence-corrected chi connectivity index (χ4v) is 4.68. The lowest BCUT2D eigenvalue weighted by Gasteiger charge is -2.31. The molecular formula is C26H28Cl2N2O. The Morgan fingerprint density at radius 1 is 0.968 bits per heavy atom. The van der Waals surface area contributed by atoms with Crippen LogP contribution in [0, 0.1) is 6.08 Å². The molecular weight excluding hydrogens is 427 g/mol. The van der Waals surface area contributed by atoms with Crippen LogP contribution in [0.15, 0.2) is 83.8 Å². The number of likely N-dealkylation sites (tertiary alicyclic amines) is 1. The smallest absolute Gasteiger partial charge is 0.289 e. The summed E-state index contributed by atoms with van der Waals surface area (Å²) < 4.78 is 6.13. The Balaban J connectivity index is 0.00000136. The van der Waals surface area contributed by atoms with E-state index in [1.807, 2.05) is 0 Å². The molecule has 0 saturated carbocycles. The SMILES string of the molecule is CN1C2=C([C+]=C(OCCN3CCCC3)C=C2)C(c2ccccc2)c2ccccc21.Cl.[Cl-]. The largest absolute Gasteiger partial charge is 1.00 e. The molecule has 0 aromatic heterocycles. The van der Waals surface area contributed by atoms with Crippen molar-refractivity contribution in [3.63, 3.8) is 0 Å². The van der Waals surface area contributed by atoms with Crippen molar-refractivity contribution in [3.8, 4) is 0 Å². The van der Waals surface area contributed by atoms with Crippen LogP contribution in [0.5, 0.6) is 0 Å². The fourth-order valence-electron chi connectivity index (χ4n) is 4.68. The average molecular weight is 455 g/mol. The molecule has 2 aromatic rings. The van der Waals surface area contributed by atoms with E-state index in [2.05, 4.69) is 89.7 Å². The van der Waals surface area contributed by atoms with Crippen LogP contribution in [0.3, 0.4) is 0 Å². The van der Waals surface area contributed by atoms with Crippen molar-refractivity contribution in [2.24, 2.45) is 0 Å². The predicted molar refractivity (Wildman–Crippen MR) is 125 cm³/mol. The summed E-state index contributed by atoms with van der Waals surface area (Å²) in [5.41, 5.74) is 6.25. The molecule has 2 aromatic carbocycles. The summed E-state index contributed by atoms with van der Waals surface area (Å²) in [6.45, 7) is 4.12. The highest BCUT2D eigenvalue weighted by Crippen LogP contribution is 2.46. The molecule has 3 aliphatic rings. The quantitative estimate of drug-likeness (QED) is 0.644. The van der Waals surface area contributed by atoms with Gasteiger partial charge in [0.05, 0.1) is 29.8 Å². The molecule has 0 radical (unpaired) electrons. The molecule has 0 bridgehead atoms. The number of nitrogens with zero attached hydrogens (tertiary/aromatic N) is 2. The van der Waals surface area contributed by atoms with E-state index >= 15 is 0 Å². The fraction of sp³-hybridized carbons (Fsp3) is 0.308.